The van der Waals surface area contributed by atoms with Crippen molar-refractivity contribution in [2.45, 2.75) is 20.0 Å². The predicted octanol–water partition coefficient (Wildman–Crippen LogP) is 1.43. The minimum atomic E-state index is -1.41. The van der Waals surface area contributed by atoms with Crippen LogP contribution in [0.3, 0.4) is 0 Å². The van der Waals surface area contributed by atoms with E-state index in [0.717, 1.165) is 0 Å². The van der Waals surface area contributed by atoms with E-state index in [1.54, 1.807) is 37.3 Å². The van der Waals surface area contributed by atoms with Crippen LogP contribution >= 0.6 is 0 Å². The van der Waals surface area contributed by atoms with E-state index in [-0.39, 0.29) is 12.4 Å². The largest absolute Gasteiger partial charge is 0.464 e. The molecular weight excluding hydrogens is 220 g/mol. The minimum Gasteiger partial charge on any atom is -0.464 e. The summed E-state index contributed by atoms with van der Waals surface area (Å²) in [5.41, 5.74) is 0.475. The molecule has 1 aromatic rings. The Morgan fingerprint density at radius 2 is 1.88 bits per heavy atom. The van der Waals surface area contributed by atoms with Gasteiger partial charge in [-0.05, 0) is 6.92 Å². The molecule has 0 saturated heterocycles. The maximum absolute atomic E-state index is 11.9. The zero-order chi connectivity index (χ0) is 12.8. The Morgan fingerprint density at radius 1 is 1.29 bits per heavy atom. The molecule has 4 nitrogen and oxygen atoms in total. The topological polar surface area (TPSA) is 63.6 Å². The van der Waals surface area contributed by atoms with E-state index in [1.165, 1.54) is 6.92 Å². The van der Waals surface area contributed by atoms with Crippen LogP contribution in [0.4, 0.5) is 0 Å². The molecule has 92 valence electrons. The first kappa shape index (κ1) is 13.4. The molecule has 0 aliphatic rings. The van der Waals surface area contributed by atoms with Gasteiger partial charge in [0.2, 0.25) is 0 Å². The number of benzene rings is 1. The van der Waals surface area contributed by atoms with Crippen molar-refractivity contribution in [1.82, 2.24) is 0 Å². The molecule has 0 aliphatic carbocycles. The Bertz CT molecular complexity index is 386. The third-order valence-corrected chi connectivity index (χ3v) is 2.47. The molecule has 0 unspecified atom stereocenters. The van der Waals surface area contributed by atoms with Crippen LogP contribution in [-0.2, 0) is 9.53 Å². The zero-order valence-corrected chi connectivity index (χ0v) is 9.92. The number of ketones is 1. The van der Waals surface area contributed by atoms with E-state index in [0.29, 0.717) is 5.56 Å². The lowest BCUT2D eigenvalue weighted by atomic mass is 9.94. The summed E-state index contributed by atoms with van der Waals surface area (Å²) in [4.78, 5) is 23.2. The molecule has 1 rings (SSSR count). The molecule has 0 aromatic heterocycles. The molecule has 1 aromatic carbocycles. The van der Waals surface area contributed by atoms with Crippen molar-refractivity contribution in [2.75, 3.05) is 6.61 Å². The van der Waals surface area contributed by atoms with Gasteiger partial charge in [0.25, 0.3) is 0 Å². The standard InChI is InChI=1S/C13H16O4/c1-3-17-13(16)12(15)9(2)11(14)10-7-5-4-6-8-10/h4-9,12,15H,3H2,1-2H3/t9-,12+/m0/s1. The molecule has 4 heteroatoms. The summed E-state index contributed by atoms with van der Waals surface area (Å²) in [5, 5.41) is 9.65. The lowest BCUT2D eigenvalue weighted by Gasteiger charge is -2.16. The highest BCUT2D eigenvalue weighted by Crippen LogP contribution is 2.13. The van der Waals surface area contributed by atoms with Crippen molar-refractivity contribution in [1.29, 1.82) is 0 Å². The number of aliphatic hydroxyl groups is 1. The third kappa shape index (κ3) is 3.39. The lowest BCUT2D eigenvalue weighted by molar-refractivity contribution is -0.154. The van der Waals surface area contributed by atoms with Crippen molar-refractivity contribution < 1.29 is 19.4 Å². The highest BCUT2D eigenvalue weighted by Gasteiger charge is 2.29. The number of hydrogen-bond acceptors (Lipinski definition) is 4. The van der Waals surface area contributed by atoms with Crippen LogP contribution in [0.15, 0.2) is 30.3 Å². The van der Waals surface area contributed by atoms with Crippen LogP contribution in [-0.4, -0.2) is 29.6 Å². The van der Waals surface area contributed by atoms with Gasteiger partial charge >= 0.3 is 5.97 Å². The molecule has 0 saturated carbocycles. The summed E-state index contributed by atoms with van der Waals surface area (Å²) in [5.74, 6) is -1.84. The van der Waals surface area contributed by atoms with Gasteiger partial charge in [0.05, 0.1) is 12.5 Å². The van der Waals surface area contributed by atoms with E-state index in [9.17, 15) is 14.7 Å². The van der Waals surface area contributed by atoms with Crippen LogP contribution in [0, 0.1) is 5.92 Å². The summed E-state index contributed by atoms with van der Waals surface area (Å²) in [6, 6.07) is 8.56. The van der Waals surface area contributed by atoms with Gasteiger partial charge in [-0.3, -0.25) is 4.79 Å². The fraction of sp³-hybridized carbons (Fsp3) is 0.385. The van der Waals surface area contributed by atoms with Gasteiger partial charge in [0.1, 0.15) is 0 Å². The molecule has 0 radical (unpaired) electrons. The summed E-state index contributed by atoms with van der Waals surface area (Å²) in [6.45, 7) is 3.34. The lowest BCUT2D eigenvalue weighted by Crippen LogP contribution is -2.34. The maximum atomic E-state index is 11.9. The molecule has 0 spiro atoms. The number of rotatable bonds is 5. The normalized spacial score (nSPS) is 13.8. The first-order valence-corrected chi connectivity index (χ1v) is 5.52. The van der Waals surface area contributed by atoms with Gasteiger partial charge < -0.3 is 9.84 Å². The van der Waals surface area contributed by atoms with Crippen LogP contribution in [0.1, 0.15) is 24.2 Å². The molecule has 0 bridgehead atoms. The molecule has 2 atom stereocenters. The van der Waals surface area contributed by atoms with Gasteiger partial charge in [-0.25, -0.2) is 4.79 Å². The minimum absolute atomic E-state index is 0.183. The highest BCUT2D eigenvalue weighted by molar-refractivity contribution is 6.00. The Kier molecular flexibility index (Phi) is 4.84. The van der Waals surface area contributed by atoms with Crippen LogP contribution in [0.2, 0.25) is 0 Å². The third-order valence-electron chi connectivity index (χ3n) is 2.47. The second-order valence-electron chi connectivity index (χ2n) is 3.72. The molecule has 1 N–H and O–H groups in total. The zero-order valence-electron chi connectivity index (χ0n) is 9.92. The van der Waals surface area contributed by atoms with Gasteiger partial charge in [-0.1, -0.05) is 37.3 Å². The van der Waals surface area contributed by atoms with E-state index >= 15 is 0 Å². The van der Waals surface area contributed by atoms with Crippen LogP contribution in [0.25, 0.3) is 0 Å². The quantitative estimate of drug-likeness (QED) is 0.620. The van der Waals surface area contributed by atoms with Gasteiger partial charge in [0, 0.05) is 5.56 Å². The summed E-state index contributed by atoms with van der Waals surface area (Å²) >= 11 is 0. The maximum Gasteiger partial charge on any atom is 0.335 e. The van der Waals surface area contributed by atoms with Crippen molar-refractivity contribution in [3.8, 4) is 0 Å². The number of aliphatic hydroxyl groups excluding tert-OH is 1. The molecular formula is C13H16O4. The van der Waals surface area contributed by atoms with E-state index in [4.69, 9.17) is 0 Å². The number of Topliss-reactive ketones (excluding diaryl/α,β-unsaturated/α-hetero) is 1. The van der Waals surface area contributed by atoms with Crippen molar-refractivity contribution in [2.24, 2.45) is 5.92 Å². The molecule has 0 aliphatic heterocycles. The van der Waals surface area contributed by atoms with Crippen LogP contribution in [0.5, 0.6) is 0 Å². The second-order valence-corrected chi connectivity index (χ2v) is 3.72. The van der Waals surface area contributed by atoms with E-state index in [2.05, 4.69) is 4.74 Å². The average molecular weight is 236 g/mol. The van der Waals surface area contributed by atoms with Crippen molar-refractivity contribution >= 4 is 11.8 Å². The highest BCUT2D eigenvalue weighted by atomic mass is 16.5. The number of carbonyl (C=O) groups is 2. The van der Waals surface area contributed by atoms with E-state index in [1.807, 2.05) is 0 Å². The van der Waals surface area contributed by atoms with Crippen molar-refractivity contribution in [3.63, 3.8) is 0 Å². The van der Waals surface area contributed by atoms with Gasteiger partial charge in [-0.15, -0.1) is 0 Å². The number of ether oxygens (including phenoxy) is 1. The number of hydrogen-bond donors (Lipinski definition) is 1. The summed E-state index contributed by atoms with van der Waals surface area (Å²) in [6.07, 6.45) is -1.41. The Hall–Kier alpha value is -1.68. The predicted molar refractivity (Wildman–Crippen MR) is 62.6 cm³/mol. The fourth-order valence-corrected chi connectivity index (χ4v) is 1.44. The second kappa shape index (κ2) is 6.15. The Morgan fingerprint density at radius 3 is 2.41 bits per heavy atom. The Balaban J connectivity index is 2.73. The number of carbonyl (C=O) groups excluding carboxylic acids is 2. The summed E-state index contributed by atoms with van der Waals surface area (Å²) < 4.78 is 4.67. The Labute approximate surface area is 100 Å². The average Bonchev–Trinajstić information content (AvgIpc) is 2.37. The van der Waals surface area contributed by atoms with Crippen LogP contribution < -0.4 is 0 Å². The summed E-state index contributed by atoms with van der Waals surface area (Å²) in [7, 11) is 0. The van der Waals surface area contributed by atoms with E-state index < -0.39 is 18.0 Å². The SMILES string of the molecule is CCOC(=O)[C@H](O)[C@@H](C)C(=O)c1ccccc1. The first-order chi connectivity index (χ1) is 8.07. The smallest absolute Gasteiger partial charge is 0.335 e. The molecule has 0 heterocycles. The molecule has 17 heavy (non-hydrogen) atoms. The first-order valence-electron chi connectivity index (χ1n) is 5.52. The fourth-order valence-electron chi connectivity index (χ4n) is 1.44. The molecule has 0 fully saturated rings. The molecule has 0 amide bonds. The number of esters is 1. The van der Waals surface area contributed by atoms with Gasteiger partial charge in [-0.2, -0.15) is 0 Å². The van der Waals surface area contributed by atoms with Crippen molar-refractivity contribution in [3.05, 3.63) is 35.9 Å². The van der Waals surface area contributed by atoms with Gasteiger partial charge in [0.15, 0.2) is 11.9 Å². The monoisotopic (exact) mass is 236 g/mol.